The first-order valence-electron chi connectivity index (χ1n) is 6.68. The molecule has 20 heavy (non-hydrogen) atoms. The molecule has 2 aromatic carbocycles. The molecule has 1 unspecified atom stereocenters. The van der Waals surface area contributed by atoms with Crippen molar-refractivity contribution in [2.45, 2.75) is 49.0 Å². The molecule has 0 aliphatic rings. The Hall–Kier alpha value is -1.13. The lowest BCUT2D eigenvalue weighted by Crippen LogP contribution is -1.98. The predicted octanol–water partition coefficient (Wildman–Crippen LogP) is 5.36. The fourth-order valence-corrected chi connectivity index (χ4v) is 2.21. The van der Waals surface area contributed by atoms with Gasteiger partial charge >= 0.3 is 0 Å². The molecule has 0 spiro atoms. The second-order valence-corrected chi connectivity index (χ2v) is 6.00. The van der Waals surface area contributed by atoms with Gasteiger partial charge in [-0.25, -0.2) is 0 Å². The van der Waals surface area contributed by atoms with Crippen LogP contribution in [0, 0.1) is 41.5 Å². The molecular formula is C19H29P. The normalized spacial score (nSPS) is 9.35. The summed E-state index contributed by atoms with van der Waals surface area (Å²) >= 11 is 0. The van der Waals surface area contributed by atoms with Gasteiger partial charge in [-0.3, -0.25) is 0 Å². The summed E-state index contributed by atoms with van der Waals surface area (Å²) in [4.78, 5) is 0. The zero-order chi connectivity index (χ0) is 14.6. The van der Waals surface area contributed by atoms with E-state index in [1.807, 2.05) is 0 Å². The summed E-state index contributed by atoms with van der Waals surface area (Å²) in [6.45, 7) is 12.8. The molecule has 0 heterocycles. The molecule has 110 valence electrons. The summed E-state index contributed by atoms with van der Waals surface area (Å²) in [7, 11) is 2.74. The van der Waals surface area contributed by atoms with Crippen LogP contribution >= 0.6 is 9.24 Å². The molecule has 0 fully saturated rings. The standard InChI is InChI=1S/C9H13P.C9H12.CH4/c1-6-4-8(3)9(10)5-7(6)2;1-7-4-5-8(2)9(3)6-7;/h4-5H,10H2,1-3H3;4-6H,1-3H3;1H4. The Kier molecular flexibility index (Phi) is 7.76. The summed E-state index contributed by atoms with van der Waals surface area (Å²) in [6, 6.07) is 10.9. The average molecular weight is 288 g/mol. The van der Waals surface area contributed by atoms with Gasteiger partial charge in [0.2, 0.25) is 0 Å². The molecule has 0 aromatic heterocycles. The van der Waals surface area contributed by atoms with E-state index in [4.69, 9.17) is 0 Å². The molecule has 0 saturated carbocycles. The lowest BCUT2D eigenvalue weighted by molar-refractivity contribution is 1.30. The van der Waals surface area contributed by atoms with Gasteiger partial charge in [0.05, 0.1) is 0 Å². The molecule has 0 nitrogen and oxygen atoms in total. The number of rotatable bonds is 0. The minimum absolute atomic E-state index is 0. The lowest BCUT2D eigenvalue weighted by Gasteiger charge is -2.03. The van der Waals surface area contributed by atoms with Crippen molar-refractivity contribution in [3.8, 4) is 0 Å². The largest absolute Gasteiger partial charge is 0.105 e. The third-order valence-electron chi connectivity index (χ3n) is 3.54. The number of benzene rings is 2. The van der Waals surface area contributed by atoms with E-state index in [0.717, 1.165) is 0 Å². The number of hydrogen-bond acceptors (Lipinski definition) is 0. The van der Waals surface area contributed by atoms with Crippen LogP contribution in [0.4, 0.5) is 0 Å². The number of hydrogen-bond donors (Lipinski definition) is 0. The molecule has 2 aromatic rings. The van der Waals surface area contributed by atoms with Crippen molar-refractivity contribution < 1.29 is 0 Å². The highest BCUT2D eigenvalue weighted by molar-refractivity contribution is 7.27. The van der Waals surface area contributed by atoms with E-state index in [0.29, 0.717) is 0 Å². The molecular weight excluding hydrogens is 259 g/mol. The highest BCUT2D eigenvalue weighted by atomic mass is 31.0. The summed E-state index contributed by atoms with van der Waals surface area (Å²) in [5.74, 6) is 0. The van der Waals surface area contributed by atoms with E-state index in [1.54, 1.807) is 0 Å². The Labute approximate surface area is 127 Å². The van der Waals surface area contributed by atoms with Crippen LogP contribution in [0.5, 0.6) is 0 Å². The molecule has 1 heteroatoms. The fourth-order valence-electron chi connectivity index (χ4n) is 1.87. The van der Waals surface area contributed by atoms with Crippen LogP contribution in [0.25, 0.3) is 0 Å². The first-order chi connectivity index (χ1) is 8.81. The van der Waals surface area contributed by atoms with Gasteiger partial charge in [-0.05, 0) is 74.7 Å². The van der Waals surface area contributed by atoms with Crippen molar-refractivity contribution >= 4 is 14.5 Å². The first-order valence-corrected chi connectivity index (χ1v) is 7.26. The predicted molar refractivity (Wildman–Crippen MR) is 97.4 cm³/mol. The second kappa shape index (κ2) is 8.22. The van der Waals surface area contributed by atoms with E-state index in [-0.39, 0.29) is 7.43 Å². The Balaban J connectivity index is 0.000000345. The molecule has 2 rings (SSSR count). The van der Waals surface area contributed by atoms with Crippen LogP contribution in [0.1, 0.15) is 40.8 Å². The van der Waals surface area contributed by atoms with E-state index < -0.39 is 0 Å². The van der Waals surface area contributed by atoms with Gasteiger partial charge in [0.25, 0.3) is 0 Å². The molecule has 0 amide bonds. The van der Waals surface area contributed by atoms with Gasteiger partial charge in [-0.15, -0.1) is 9.24 Å². The number of aryl methyl sites for hydroxylation is 6. The van der Waals surface area contributed by atoms with E-state index in [9.17, 15) is 0 Å². The molecule has 1 atom stereocenters. The lowest BCUT2D eigenvalue weighted by atomic mass is 10.1. The molecule has 0 bridgehead atoms. The summed E-state index contributed by atoms with van der Waals surface area (Å²) < 4.78 is 0. The SMILES string of the molecule is C.Cc1cc(C)c(P)cc1C.Cc1ccc(C)c(C)c1. The first kappa shape index (κ1) is 18.9. The maximum absolute atomic E-state index is 2.74. The minimum atomic E-state index is 0. The van der Waals surface area contributed by atoms with Crippen LogP contribution in [0.2, 0.25) is 0 Å². The maximum Gasteiger partial charge on any atom is -0.0271 e. The molecule has 0 saturated heterocycles. The smallest absolute Gasteiger partial charge is 0.0271 e. The monoisotopic (exact) mass is 288 g/mol. The molecule has 0 N–H and O–H groups in total. The van der Waals surface area contributed by atoms with E-state index >= 15 is 0 Å². The van der Waals surface area contributed by atoms with Crippen LogP contribution in [0.15, 0.2) is 30.3 Å². The van der Waals surface area contributed by atoms with Crippen molar-refractivity contribution in [3.63, 3.8) is 0 Å². The Morgan fingerprint density at radius 2 is 1.10 bits per heavy atom. The molecule has 0 aliphatic heterocycles. The van der Waals surface area contributed by atoms with Gasteiger partial charge < -0.3 is 0 Å². The third kappa shape index (κ3) is 5.47. The van der Waals surface area contributed by atoms with Crippen LogP contribution < -0.4 is 5.30 Å². The van der Waals surface area contributed by atoms with Gasteiger partial charge in [-0.1, -0.05) is 43.3 Å². The summed E-state index contributed by atoms with van der Waals surface area (Å²) in [6.07, 6.45) is 0. The summed E-state index contributed by atoms with van der Waals surface area (Å²) in [5, 5.41) is 1.31. The van der Waals surface area contributed by atoms with Crippen molar-refractivity contribution in [1.82, 2.24) is 0 Å². The minimum Gasteiger partial charge on any atom is -0.105 e. The Morgan fingerprint density at radius 3 is 1.55 bits per heavy atom. The fraction of sp³-hybridized carbons (Fsp3) is 0.368. The van der Waals surface area contributed by atoms with Crippen molar-refractivity contribution in [1.29, 1.82) is 0 Å². The molecule has 0 radical (unpaired) electrons. The quantitative estimate of drug-likeness (QED) is 0.572. The topological polar surface area (TPSA) is 0 Å². The Bertz CT molecular complexity index is 518. The van der Waals surface area contributed by atoms with Crippen LogP contribution in [-0.2, 0) is 0 Å². The average Bonchev–Trinajstić information content (AvgIpc) is 2.33. The second-order valence-electron chi connectivity index (χ2n) is 5.38. The van der Waals surface area contributed by atoms with Crippen molar-refractivity contribution in [2.75, 3.05) is 0 Å². The zero-order valence-corrected chi connectivity index (χ0v) is 14.1. The highest BCUT2D eigenvalue weighted by Gasteiger charge is 1.95. The van der Waals surface area contributed by atoms with E-state index in [2.05, 4.69) is 81.1 Å². The molecule has 0 aliphatic carbocycles. The zero-order valence-electron chi connectivity index (χ0n) is 13.0. The van der Waals surface area contributed by atoms with Gasteiger partial charge in [-0.2, -0.15) is 0 Å². The maximum atomic E-state index is 2.74. The third-order valence-corrected chi connectivity index (χ3v) is 4.17. The van der Waals surface area contributed by atoms with Crippen LogP contribution in [0.3, 0.4) is 0 Å². The van der Waals surface area contributed by atoms with Gasteiger partial charge in [0, 0.05) is 0 Å². The summed E-state index contributed by atoms with van der Waals surface area (Å²) in [5.41, 5.74) is 8.21. The van der Waals surface area contributed by atoms with Crippen molar-refractivity contribution in [2.24, 2.45) is 0 Å². The van der Waals surface area contributed by atoms with Gasteiger partial charge in [0.15, 0.2) is 0 Å². The van der Waals surface area contributed by atoms with Gasteiger partial charge in [0.1, 0.15) is 0 Å². The highest BCUT2D eigenvalue weighted by Crippen LogP contribution is 2.09. The van der Waals surface area contributed by atoms with Crippen LogP contribution in [-0.4, -0.2) is 0 Å². The van der Waals surface area contributed by atoms with E-state index in [1.165, 1.54) is 38.7 Å². The Morgan fingerprint density at radius 1 is 0.600 bits per heavy atom. The van der Waals surface area contributed by atoms with Crippen molar-refractivity contribution in [3.05, 3.63) is 63.7 Å².